The van der Waals surface area contributed by atoms with Gasteiger partial charge in [0.1, 0.15) is 12.6 Å². The maximum absolute atomic E-state index is 15.1. The standard InChI is InChI=1S/C26H28ClF4N5O2.C2H6.CH2O/c1-3-21(32)24(37)36(13-16-6-8-18(27)9-7-16)22-12-19(20(28)11-15(22)2)23-33-25(38-34-23)35-10-4-5-17(14-35)26(29,30)31;2*1-2/h6-9,11-12,17,21H,3-5,10,13-14,32H2,1-2H3;1-2H3;1H2/t17?,21-;;/m0../s1. The van der Waals surface area contributed by atoms with Crippen molar-refractivity contribution in [1.29, 1.82) is 0 Å². The van der Waals surface area contributed by atoms with Gasteiger partial charge in [-0.2, -0.15) is 18.2 Å². The Morgan fingerprint density at radius 3 is 2.48 bits per heavy atom. The van der Waals surface area contributed by atoms with Crippen LogP contribution >= 0.6 is 11.6 Å². The summed E-state index contributed by atoms with van der Waals surface area (Å²) in [5, 5.41) is 4.38. The maximum atomic E-state index is 15.1. The Labute approximate surface area is 247 Å². The fourth-order valence-electron chi connectivity index (χ4n) is 4.42. The number of nitrogens with zero attached hydrogens (tertiary/aromatic N) is 4. The molecule has 4 rings (SSSR count). The quantitative estimate of drug-likeness (QED) is 0.295. The highest BCUT2D eigenvalue weighted by Crippen LogP contribution is 2.36. The van der Waals surface area contributed by atoms with Gasteiger partial charge in [-0.25, -0.2) is 4.39 Å². The summed E-state index contributed by atoms with van der Waals surface area (Å²) in [7, 11) is 0. The second-order valence-electron chi connectivity index (χ2n) is 9.41. The number of carbonyl (C=O) groups is 2. The Balaban J connectivity index is 0.00000148. The van der Waals surface area contributed by atoms with E-state index in [1.807, 2.05) is 20.6 Å². The van der Waals surface area contributed by atoms with E-state index in [-0.39, 0.29) is 42.8 Å². The summed E-state index contributed by atoms with van der Waals surface area (Å²) in [6.07, 6.45) is -3.61. The summed E-state index contributed by atoms with van der Waals surface area (Å²) in [6.45, 7) is 9.60. The Morgan fingerprint density at radius 2 is 1.88 bits per heavy atom. The number of alkyl halides is 3. The molecular weight excluding hydrogens is 578 g/mol. The van der Waals surface area contributed by atoms with Crippen LogP contribution in [-0.2, 0) is 16.1 Å². The zero-order chi connectivity index (χ0) is 31.6. The molecule has 2 atom stereocenters. The molecule has 42 heavy (non-hydrogen) atoms. The van der Waals surface area contributed by atoms with Crippen molar-refractivity contribution in [3.63, 3.8) is 0 Å². The molecular formula is C29H36ClF4N5O3. The van der Waals surface area contributed by atoms with E-state index in [1.165, 1.54) is 21.9 Å². The number of carbonyl (C=O) groups excluding carboxylic acids is 2. The predicted octanol–water partition coefficient (Wildman–Crippen LogP) is 6.73. The third-order valence-electron chi connectivity index (χ3n) is 6.66. The molecule has 0 aliphatic carbocycles. The van der Waals surface area contributed by atoms with E-state index in [4.69, 9.17) is 26.7 Å². The molecule has 1 aliphatic rings. The Hall–Kier alpha value is -3.51. The lowest BCUT2D eigenvalue weighted by Crippen LogP contribution is -2.43. The van der Waals surface area contributed by atoms with Gasteiger partial charge in [-0.3, -0.25) is 4.79 Å². The van der Waals surface area contributed by atoms with Crippen LogP contribution in [0.5, 0.6) is 0 Å². The van der Waals surface area contributed by atoms with E-state index in [1.54, 1.807) is 38.1 Å². The van der Waals surface area contributed by atoms with Crippen LogP contribution in [0.2, 0.25) is 5.02 Å². The van der Waals surface area contributed by atoms with Gasteiger partial charge in [0.05, 0.1) is 24.1 Å². The number of piperidine rings is 1. The first-order valence-corrected chi connectivity index (χ1v) is 13.9. The minimum atomic E-state index is -4.33. The van der Waals surface area contributed by atoms with Crippen LogP contribution in [0.4, 0.5) is 29.3 Å². The topological polar surface area (TPSA) is 106 Å². The number of benzene rings is 2. The van der Waals surface area contributed by atoms with Gasteiger partial charge in [-0.1, -0.05) is 49.7 Å². The second kappa shape index (κ2) is 15.6. The lowest BCUT2D eigenvalue weighted by atomic mass is 9.98. The molecule has 1 fully saturated rings. The number of nitrogens with two attached hydrogens (primary N) is 1. The minimum absolute atomic E-state index is 0.0221. The third kappa shape index (κ3) is 8.51. The number of rotatable bonds is 7. The fraction of sp³-hybridized carbons (Fsp3) is 0.448. The minimum Gasteiger partial charge on any atom is -0.324 e. The largest absolute Gasteiger partial charge is 0.393 e. The smallest absolute Gasteiger partial charge is 0.324 e. The molecule has 0 spiro atoms. The average Bonchev–Trinajstić information content (AvgIpc) is 3.48. The van der Waals surface area contributed by atoms with Crippen LogP contribution in [0.3, 0.4) is 0 Å². The van der Waals surface area contributed by atoms with Gasteiger partial charge in [0.2, 0.25) is 11.7 Å². The summed E-state index contributed by atoms with van der Waals surface area (Å²) in [6, 6.07) is 8.74. The summed E-state index contributed by atoms with van der Waals surface area (Å²) >= 11 is 6.00. The van der Waals surface area contributed by atoms with E-state index < -0.39 is 24.0 Å². The van der Waals surface area contributed by atoms with E-state index in [0.29, 0.717) is 35.7 Å². The van der Waals surface area contributed by atoms with Crippen molar-refractivity contribution in [2.24, 2.45) is 11.7 Å². The first kappa shape index (κ1) is 34.7. The zero-order valence-electron chi connectivity index (χ0n) is 24.0. The van der Waals surface area contributed by atoms with Crippen molar-refractivity contribution in [3.8, 4) is 11.4 Å². The normalized spacial score (nSPS) is 15.6. The Morgan fingerprint density at radius 1 is 1.24 bits per heavy atom. The number of hydrogen-bond acceptors (Lipinski definition) is 7. The molecule has 1 unspecified atom stereocenters. The fourth-order valence-corrected chi connectivity index (χ4v) is 4.55. The maximum Gasteiger partial charge on any atom is 0.393 e. The Kier molecular flexibility index (Phi) is 12.9. The van der Waals surface area contributed by atoms with Gasteiger partial charge < -0.3 is 24.9 Å². The number of anilines is 2. The van der Waals surface area contributed by atoms with Crippen molar-refractivity contribution in [3.05, 3.63) is 58.4 Å². The van der Waals surface area contributed by atoms with Crippen molar-refractivity contribution in [2.75, 3.05) is 22.9 Å². The van der Waals surface area contributed by atoms with Crippen LogP contribution in [0.25, 0.3) is 11.4 Å². The van der Waals surface area contributed by atoms with E-state index in [9.17, 15) is 18.0 Å². The number of hydrogen-bond donors (Lipinski definition) is 1. The van der Waals surface area contributed by atoms with Crippen molar-refractivity contribution < 1.29 is 31.7 Å². The highest BCUT2D eigenvalue weighted by atomic mass is 35.5. The van der Waals surface area contributed by atoms with Crippen LogP contribution in [0.1, 0.15) is 51.2 Å². The molecule has 1 aliphatic heterocycles. The van der Waals surface area contributed by atoms with E-state index in [2.05, 4.69) is 10.1 Å². The van der Waals surface area contributed by atoms with Crippen LogP contribution in [0, 0.1) is 18.7 Å². The summed E-state index contributed by atoms with van der Waals surface area (Å²) in [5.41, 5.74) is 7.68. The molecule has 0 bridgehead atoms. The van der Waals surface area contributed by atoms with Crippen molar-refractivity contribution in [2.45, 2.75) is 65.7 Å². The average molecular weight is 614 g/mol. The highest BCUT2D eigenvalue weighted by molar-refractivity contribution is 6.30. The lowest BCUT2D eigenvalue weighted by Gasteiger charge is -2.32. The molecule has 230 valence electrons. The number of aromatic nitrogens is 2. The zero-order valence-corrected chi connectivity index (χ0v) is 24.8. The van der Waals surface area contributed by atoms with Crippen LogP contribution in [-0.4, -0.2) is 48.1 Å². The molecule has 13 heteroatoms. The van der Waals surface area contributed by atoms with Gasteiger partial charge in [-0.05, 0) is 61.6 Å². The summed E-state index contributed by atoms with van der Waals surface area (Å²) in [5.74, 6) is -2.66. The van der Waals surface area contributed by atoms with Crippen molar-refractivity contribution in [1.82, 2.24) is 10.1 Å². The van der Waals surface area contributed by atoms with Crippen LogP contribution < -0.4 is 15.5 Å². The first-order chi connectivity index (χ1) is 20.0. The van der Waals surface area contributed by atoms with Crippen molar-refractivity contribution >= 4 is 36.0 Å². The molecule has 1 aromatic heterocycles. The SMILES string of the molecule is C=O.CC.CC[C@H](N)C(=O)N(Cc1ccc(Cl)cc1)c1cc(-c2noc(N3CCCC(C(F)(F)F)C3)n2)c(F)cc1C. The van der Waals surface area contributed by atoms with E-state index in [0.717, 1.165) is 5.56 Å². The monoisotopic (exact) mass is 613 g/mol. The number of halogens is 5. The molecule has 1 amide bonds. The van der Waals surface area contributed by atoms with Gasteiger partial charge >= 0.3 is 12.2 Å². The lowest BCUT2D eigenvalue weighted by molar-refractivity contribution is -0.176. The molecule has 3 aromatic rings. The second-order valence-corrected chi connectivity index (χ2v) is 9.85. The molecule has 2 aromatic carbocycles. The summed E-state index contributed by atoms with van der Waals surface area (Å²) < 4.78 is 60.1. The molecule has 0 radical (unpaired) electrons. The summed E-state index contributed by atoms with van der Waals surface area (Å²) in [4.78, 5) is 28.3. The van der Waals surface area contributed by atoms with Gasteiger partial charge in [-0.15, -0.1) is 0 Å². The van der Waals surface area contributed by atoms with Crippen LogP contribution in [0.15, 0.2) is 40.9 Å². The number of aryl methyl sites for hydroxylation is 1. The number of amides is 1. The van der Waals surface area contributed by atoms with E-state index >= 15 is 4.39 Å². The molecule has 8 nitrogen and oxygen atoms in total. The molecule has 0 saturated carbocycles. The van der Waals surface area contributed by atoms with Gasteiger partial charge in [0.25, 0.3) is 0 Å². The predicted molar refractivity (Wildman–Crippen MR) is 155 cm³/mol. The molecule has 1 saturated heterocycles. The molecule has 2 N–H and O–H groups in total. The first-order valence-electron chi connectivity index (χ1n) is 13.5. The van der Waals surface area contributed by atoms with Gasteiger partial charge in [0, 0.05) is 23.8 Å². The highest BCUT2D eigenvalue weighted by Gasteiger charge is 2.42. The third-order valence-corrected chi connectivity index (χ3v) is 6.92. The van der Waals surface area contributed by atoms with Gasteiger partial charge in [0.15, 0.2) is 0 Å². The Bertz CT molecular complexity index is 1300. The molecule has 2 heterocycles.